The van der Waals surface area contributed by atoms with Crippen LogP contribution in [-0.4, -0.2) is 32.8 Å². The normalized spacial score (nSPS) is 13.8. The molecule has 1 aromatic heterocycles. The van der Waals surface area contributed by atoms with E-state index < -0.39 is 23.9 Å². The zero-order valence-electron chi connectivity index (χ0n) is 15.3. The Bertz CT molecular complexity index is 918. The molecule has 3 aromatic rings. The molecule has 0 spiro atoms. The predicted octanol–water partition coefficient (Wildman–Crippen LogP) is 3.35. The maximum absolute atomic E-state index is 12.7. The standard InChI is InChI=1S/C21H20F3N3O2/c22-21(23,24)16-8-6-15(7-9-16)20-25-11-10-17(27-20)12-26-18(13-28)19(29)14-4-2-1-3-5-14/h1-11,18-19,26,28-29H,12-13H2/t18-,19-/m0/s1. The number of aliphatic hydroxyl groups is 2. The number of benzene rings is 2. The summed E-state index contributed by atoms with van der Waals surface area (Å²) in [6.07, 6.45) is -3.79. The van der Waals surface area contributed by atoms with Crippen molar-refractivity contribution in [2.75, 3.05) is 6.61 Å². The van der Waals surface area contributed by atoms with E-state index in [4.69, 9.17) is 0 Å². The van der Waals surface area contributed by atoms with Gasteiger partial charge in [-0.1, -0.05) is 42.5 Å². The third-order valence-corrected chi connectivity index (χ3v) is 4.45. The molecule has 0 amide bonds. The van der Waals surface area contributed by atoms with Crippen LogP contribution in [0.5, 0.6) is 0 Å². The Balaban J connectivity index is 1.69. The van der Waals surface area contributed by atoms with E-state index in [0.29, 0.717) is 22.6 Å². The Labute approximate surface area is 165 Å². The van der Waals surface area contributed by atoms with Crippen LogP contribution < -0.4 is 5.32 Å². The summed E-state index contributed by atoms with van der Waals surface area (Å²) in [5.74, 6) is 0.294. The Morgan fingerprint density at radius 3 is 2.28 bits per heavy atom. The molecule has 8 heteroatoms. The van der Waals surface area contributed by atoms with Crippen LogP contribution in [0.2, 0.25) is 0 Å². The zero-order chi connectivity index (χ0) is 20.9. The van der Waals surface area contributed by atoms with Crippen LogP contribution in [0.25, 0.3) is 11.4 Å². The molecule has 29 heavy (non-hydrogen) atoms. The lowest BCUT2D eigenvalue weighted by Crippen LogP contribution is -2.37. The fourth-order valence-electron chi connectivity index (χ4n) is 2.84. The second kappa shape index (κ2) is 9.13. The number of halogens is 3. The Morgan fingerprint density at radius 2 is 1.66 bits per heavy atom. The van der Waals surface area contributed by atoms with E-state index in [9.17, 15) is 23.4 Å². The summed E-state index contributed by atoms with van der Waals surface area (Å²) in [6, 6.07) is 14.6. The van der Waals surface area contributed by atoms with Gasteiger partial charge in [-0.15, -0.1) is 0 Å². The molecule has 1 heterocycles. The number of aromatic nitrogens is 2. The van der Waals surface area contributed by atoms with Gasteiger partial charge in [-0.05, 0) is 23.8 Å². The van der Waals surface area contributed by atoms with E-state index in [1.165, 1.54) is 18.3 Å². The highest BCUT2D eigenvalue weighted by Gasteiger charge is 2.30. The van der Waals surface area contributed by atoms with Gasteiger partial charge < -0.3 is 15.5 Å². The van der Waals surface area contributed by atoms with Gasteiger partial charge in [0.25, 0.3) is 0 Å². The lowest BCUT2D eigenvalue weighted by molar-refractivity contribution is -0.137. The number of hydrogen-bond acceptors (Lipinski definition) is 5. The minimum absolute atomic E-state index is 0.241. The maximum Gasteiger partial charge on any atom is 0.416 e. The molecule has 0 aliphatic carbocycles. The fraction of sp³-hybridized carbons (Fsp3) is 0.238. The average Bonchev–Trinajstić information content (AvgIpc) is 2.74. The number of hydrogen-bond donors (Lipinski definition) is 3. The second-order valence-corrected chi connectivity index (χ2v) is 6.47. The molecule has 0 saturated heterocycles. The molecule has 0 aliphatic heterocycles. The van der Waals surface area contributed by atoms with Crippen molar-refractivity contribution >= 4 is 0 Å². The van der Waals surface area contributed by atoms with Crippen LogP contribution >= 0.6 is 0 Å². The summed E-state index contributed by atoms with van der Waals surface area (Å²) in [4.78, 5) is 8.47. The molecule has 0 fully saturated rings. The summed E-state index contributed by atoms with van der Waals surface area (Å²) in [5.41, 5.74) is 0.975. The summed E-state index contributed by atoms with van der Waals surface area (Å²) in [6.45, 7) is -0.0435. The van der Waals surface area contributed by atoms with Crippen molar-refractivity contribution in [3.8, 4) is 11.4 Å². The molecule has 152 valence electrons. The van der Waals surface area contributed by atoms with Crippen LogP contribution in [-0.2, 0) is 12.7 Å². The van der Waals surface area contributed by atoms with Gasteiger partial charge in [0.05, 0.1) is 30.0 Å². The first kappa shape index (κ1) is 20.9. The predicted molar refractivity (Wildman–Crippen MR) is 102 cm³/mol. The molecule has 0 unspecified atom stereocenters. The molecule has 0 aliphatic rings. The molecular formula is C21H20F3N3O2. The molecular weight excluding hydrogens is 383 g/mol. The van der Waals surface area contributed by atoms with Crippen LogP contribution in [0.3, 0.4) is 0 Å². The lowest BCUT2D eigenvalue weighted by Gasteiger charge is -2.22. The van der Waals surface area contributed by atoms with Crippen molar-refractivity contribution in [2.45, 2.75) is 24.9 Å². The summed E-state index contributed by atoms with van der Waals surface area (Å²) in [5, 5.41) is 23.1. The van der Waals surface area contributed by atoms with Gasteiger partial charge in [-0.2, -0.15) is 13.2 Å². The third-order valence-electron chi connectivity index (χ3n) is 4.45. The fourth-order valence-corrected chi connectivity index (χ4v) is 2.84. The Morgan fingerprint density at radius 1 is 0.966 bits per heavy atom. The maximum atomic E-state index is 12.7. The topological polar surface area (TPSA) is 78.3 Å². The summed E-state index contributed by atoms with van der Waals surface area (Å²) < 4.78 is 38.1. The van der Waals surface area contributed by atoms with E-state index in [-0.39, 0.29) is 13.2 Å². The third kappa shape index (κ3) is 5.38. The SMILES string of the molecule is OC[C@H](NCc1ccnc(-c2ccc(C(F)(F)F)cc2)n1)[C@@H](O)c1ccccc1. The number of aliphatic hydroxyl groups excluding tert-OH is 2. The van der Waals surface area contributed by atoms with Crippen molar-refractivity contribution in [1.82, 2.24) is 15.3 Å². The molecule has 0 radical (unpaired) electrons. The molecule has 3 N–H and O–H groups in total. The summed E-state index contributed by atoms with van der Waals surface area (Å²) in [7, 11) is 0. The van der Waals surface area contributed by atoms with Gasteiger partial charge in [0.1, 0.15) is 0 Å². The number of nitrogens with zero attached hydrogens (tertiary/aromatic N) is 2. The zero-order valence-corrected chi connectivity index (χ0v) is 15.3. The van der Waals surface area contributed by atoms with Gasteiger partial charge in [0, 0.05) is 18.3 Å². The smallest absolute Gasteiger partial charge is 0.395 e. The molecule has 3 rings (SSSR count). The highest BCUT2D eigenvalue weighted by Crippen LogP contribution is 2.30. The first-order valence-electron chi connectivity index (χ1n) is 8.95. The highest BCUT2D eigenvalue weighted by molar-refractivity contribution is 5.55. The van der Waals surface area contributed by atoms with Crippen LogP contribution in [0.15, 0.2) is 66.9 Å². The monoisotopic (exact) mass is 403 g/mol. The van der Waals surface area contributed by atoms with Gasteiger partial charge in [-0.3, -0.25) is 0 Å². The minimum Gasteiger partial charge on any atom is -0.395 e. The Kier molecular flexibility index (Phi) is 6.58. The van der Waals surface area contributed by atoms with Crippen molar-refractivity contribution in [2.24, 2.45) is 0 Å². The lowest BCUT2D eigenvalue weighted by atomic mass is 10.0. The van der Waals surface area contributed by atoms with Crippen molar-refractivity contribution in [1.29, 1.82) is 0 Å². The Hall–Kier alpha value is -2.81. The highest BCUT2D eigenvalue weighted by atomic mass is 19.4. The number of alkyl halides is 3. The van der Waals surface area contributed by atoms with Crippen molar-refractivity contribution in [3.63, 3.8) is 0 Å². The average molecular weight is 403 g/mol. The molecule has 0 saturated carbocycles. The van der Waals surface area contributed by atoms with Crippen molar-refractivity contribution < 1.29 is 23.4 Å². The molecule has 0 bridgehead atoms. The first-order valence-corrected chi connectivity index (χ1v) is 8.95. The van der Waals surface area contributed by atoms with E-state index in [0.717, 1.165) is 12.1 Å². The number of nitrogens with one attached hydrogen (secondary N) is 1. The van der Waals surface area contributed by atoms with Gasteiger partial charge in [0.15, 0.2) is 5.82 Å². The largest absolute Gasteiger partial charge is 0.416 e. The van der Waals surface area contributed by atoms with E-state index in [1.807, 2.05) is 6.07 Å². The van der Waals surface area contributed by atoms with Gasteiger partial charge in [0.2, 0.25) is 0 Å². The molecule has 2 aromatic carbocycles. The van der Waals surface area contributed by atoms with Crippen molar-refractivity contribution in [3.05, 3.63) is 83.7 Å². The molecule has 2 atom stereocenters. The van der Waals surface area contributed by atoms with E-state index in [1.54, 1.807) is 30.3 Å². The van der Waals surface area contributed by atoms with E-state index >= 15 is 0 Å². The summed E-state index contributed by atoms with van der Waals surface area (Å²) >= 11 is 0. The van der Waals surface area contributed by atoms with Gasteiger partial charge >= 0.3 is 6.18 Å². The number of rotatable bonds is 7. The van der Waals surface area contributed by atoms with Gasteiger partial charge in [-0.25, -0.2) is 9.97 Å². The first-order chi connectivity index (χ1) is 13.9. The van der Waals surface area contributed by atoms with Crippen LogP contribution in [0, 0.1) is 0 Å². The molecule has 5 nitrogen and oxygen atoms in total. The van der Waals surface area contributed by atoms with Crippen LogP contribution in [0.4, 0.5) is 13.2 Å². The minimum atomic E-state index is -4.40. The second-order valence-electron chi connectivity index (χ2n) is 6.47. The van der Waals surface area contributed by atoms with Crippen LogP contribution in [0.1, 0.15) is 22.9 Å². The van der Waals surface area contributed by atoms with E-state index in [2.05, 4.69) is 15.3 Å². The quantitative estimate of drug-likeness (QED) is 0.564.